The molecule has 0 spiro atoms. The zero-order valence-corrected chi connectivity index (χ0v) is 14.9. The fraction of sp³-hybridized carbons (Fsp3) is 0.350. The Morgan fingerprint density at radius 2 is 1.78 bits per heavy atom. The highest BCUT2D eigenvalue weighted by Crippen LogP contribution is 2.54. The zero-order valence-electron chi connectivity index (χ0n) is 14.1. The summed E-state index contributed by atoms with van der Waals surface area (Å²) < 4.78 is 55.4. The quantitative estimate of drug-likeness (QED) is 0.688. The normalized spacial score (nSPS) is 17.8. The molecule has 0 heterocycles. The summed E-state index contributed by atoms with van der Waals surface area (Å²) in [6, 6.07) is 10.6. The number of benzene rings is 2. The molecule has 2 atom stereocenters. The molecular formula is C20H16ClF4NO. The lowest BCUT2D eigenvalue weighted by molar-refractivity contribution is -0.270. The van der Waals surface area contributed by atoms with Crippen LogP contribution in [0.5, 0.6) is 0 Å². The molecule has 0 amide bonds. The first-order valence-electron chi connectivity index (χ1n) is 8.39. The van der Waals surface area contributed by atoms with E-state index in [0.29, 0.717) is 12.8 Å². The smallest absolute Gasteiger partial charge is 0.380 e. The summed E-state index contributed by atoms with van der Waals surface area (Å²) in [4.78, 5) is 0. The Morgan fingerprint density at radius 3 is 2.26 bits per heavy atom. The van der Waals surface area contributed by atoms with Gasteiger partial charge in [-0.3, -0.25) is 0 Å². The van der Waals surface area contributed by atoms with E-state index >= 15 is 0 Å². The fourth-order valence-electron chi connectivity index (χ4n) is 3.47. The minimum atomic E-state index is -4.92. The SMILES string of the molecule is N#Cc1ccc(CC(O)(C(c2ccc(F)cc2)C2CC2)C(F)(F)F)c(Cl)c1. The second-order valence-electron chi connectivity index (χ2n) is 6.88. The van der Waals surface area contributed by atoms with Crippen molar-refractivity contribution in [1.29, 1.82) is 5.26 Å². The molecule has 7 heteroatoms. The van der Waals surface area contributed by atoms with E-state index in [1.54, 1.807) is 0 Å². The van der Waals surface area contributed by atoms with Crippen molar-refractivity contribution in [3.63, 3.8) is 0 Å². The van der Waals surface area contributed by atoms with Gasteiger partial charge in [-0.25, -0.2) is 4.39 Å². The van der Waals surface area contributed by atoms with Gasteiger partial charge >= 0.3 is 6.18 Å². The maximum Gasteiger partial charge on any atom is 0.418 e. The molecule has 1 N–H and O–H groups in total. The maximum atomic E-state index is 14.1. The molecule has 0 bridgehead atoms. The number of hydrogen-bond acceptors (Lipinski definition) is 2. The van der Waals surface area contributed by atoms with Gasteiger partial charge in [-0.2, -0.15) is 18.4 Å². The molecular weight excluding hydrogens is 382 g/mol. The van der Waals surface area contributed by atoms with Gasteiger partial charge in [-0.05, 0) is 54.2 Å². The summed E-state index contributed by atoms with van der Waals surface area (Å²) in [5.74, 6) is -2.14. The minimum Gasteiger partial charge on any atom is -0.380 e. The average Bonchev–Trinajstić information content (AvgIpc) is 3.42. The topological polar surface area (TPSA) is 44.0 Å². The highest BCUT2D eigenvalue weighted by molar-refractivity contribution is 6.31. The number of halogens is 5. The van der Waals surface area contributed by atoms with Gasteiger partial charge in [0.05, 0.1) is 11.6 Å². The third-order valence-electron chi connectivity index (χ3n) is 4.97. The van der Waals surface area contributed by atoms with Crippen LogP contribution in [-0.2, 0) is 6.42 Å². The third-order valence-corrected chi connectivity index (χ3v) is 5.32. The third kappa shape index (κ3) is 3.95. The molecule has 2 unspecified atom stereocenters. The lowest BCUT2D eigenvalue weighted by atomic mass is 9.74. The van der Waals surface area contributed by atoms with E-state index in [-0.39, 0.29) is 27.6 Å². The number of aliphatic hydroxyl groups is 1. The van der Waals surface area contributed by atoms with E-state index in [1.165, 1.54) is 30.3 Å². The summed E-state index contributed by atoms with van der Waals surface area (Å²) in [6.45, 7) is 0. The van der Waals surface area contributed by atoms with Crippen molar-refractivity contribution in [2.45, 2.75) is 37.0 Å². The van der Waals surface area contributed by atoms with Crippen LogP contribution < -0.4 is 0 Å². The van der Waals surface area contributed by atoms with E-state index in [0.717, 1.165) is 12.1 Å². The van der Waals surface area contributed by atoms with Gasteiger partial charge in [0.25, 0.3) is 0 Å². The number of nitrogens with zero attached hydrogens (tertiary/aromatic N) is 1. The van der Waals surface area contributed by atoms with Gasteiger partial charge in [-0.1, -0.05) is 29.8 Å². The van der Waals surface area contributed by atoms with Crippen molar-refractivity contribution in [2.24, 2.45) is 5.92 Å². The molecule has 0 saturated heterocycles. The van der Waals surface area contributed by atoms with Crippen LogP contribution in [-0.4, -0.2) is 16.9 Å². The van der Waals surface area contributed by atoms with Crippen LogP contribution in [0.25, 0.3) is 0 Å². The fourth-order valence-corrected chi connectivity index (χ4v) is 3.72. The van der Waals surface area contributed by atoms with E-state index in [4.69, 9.17) is 16.9 Å². The molecule has 1 aliphatic rings. The van der Waals surface area contributed by atoms with Crippen LogP contribution in [0.15, 0.2) is 42.5 Å². The monoisotopic (exact) mass is 397 g/mol. The summed E-state index contributed by atoms with van der Waals surface area (Å²) in [5, 5.41) is 19.8. The highest BCUT2D eigenvalue weighted by Gasteiger charge is 2.61. The van der Waals surface area contributed by atoms with Gasteiger partial charge in [-0.15, -0.1) is 0 Å². The van der Waals surface area contributed by atoms with Crippen LogP contribution in [0, 0.1) is 23.1 Å². The molecule has 1 fully saturated rings. The van der Waals surface area contributed by atoms with Crippen LogP contribution >= 0.6 is 11.6 Å². The Hall–Kier alpha value is -2.10. The average molecular weight is 398 g/mol. The lowest BCUT2D eigenvalue weighted by Gasteiger charge is -2.39. The second kappa shape index (κ2) is 7.14. The van der Waals surface area contributed by atoms with Crippen molar-refractivity contribution in [2.75, 3.05) is 0 Å². The van der Waals surface area contributed by atoms with Gasteiger partial charge in [0, 0.05) is 17.4 Å². The van der Waals surface area contributed by atoms with Crippen molar-refractivity contribution >= 4 is 11.6 Å². The Bertz CT molecular complexity index is 871. The maximum absolute atomic E-state index is 14.1. The summed E-state index contributed by atoms with van der Waals surface area (Å²) >= 11 is 6.05. The summed E-state index contributed by atoms with van der Waals surface area (Å²) in [6.07, 6.45) is -4.56. The van der Waals surface area contributed by atoms with E-state index in [2.05, 4.69) is 0 Å². The Morgan fingerprint density at radius 1 is 1.15 bits per heavy atom. The first-order chi connectivity index (χ1) is 12.7. The van der Waals surface area contributed by atoms with Gasteiger partial charge in [0.15, 0.2) is 5.60 Å². The van der Waals surface area contributed by atoms with Gasteiger partial charge in [0.2, 0.25) is 0 Å². The largest absolute Gasteiger partial charge is 0.418 e. The van der Waals surface area contributed by atoms with Crippen molar-refractivity contribution in [1.82, 2.24) is 0 Å². The summed E-state index contributed by atoms with van der Waals surface area (Å²) in [7, 11) is 0. The van der Waals surface area contributed by atoms with Crippen molar-refractivity contribution < 1.29 is 22.7 Å². The van der Waals surface area contributed by atoms with E-state index in [1.807, 2.05) is 6.07 Å². The first-order valence-corrected chi connectivity index (χ1v) is 8.76. The second-order valence-corrected chi connectivity index (χ2v) is 7.29. The minimum absolute atomic E-state index is 0.00891. The number of hydrogen-bond donors (Lipinski definition) is 1. The van der Waals surface area contributed by atoms with Gasteiger partial charge < -0.3 is 5.11 Å². The highest BCUT2D eigenvalue weighted by atomic mass is 35.5. The van der Waals surface area contributed by atoms with Crippen molar-refractivity contribution in [3.8, 4) is 6.07 Å². The summed E-state index contributed by atoms with van der Waals surface area (Å²) in [5.41, 5.74) is -2.51. The molecule has 2 aromatic rings. The van der Waals surface area contributed by atoms with E-state index in [9.17, 15) is 22.7 Å². The van der Waals surface area contributed by atoms with Crippen molar-refractivity contribution in [3.05, 3.63) is 70.0 Å². The van der Waals surface area contributed by atoms with Crippen LogP contribution in [0.3, 0.4) is 0 Å². The molecule has 0 aromatic heterocycles. The standard InChI is InChI=1S/C20H16ClF4NO/c21-17-9-12(11-26)1-2-15(17)10-19(27,20(23,24)25)18(13-3-4-13)14-5-7-16(22)8-6-14/h1-2,5-9,13,18,27H,3-4,10H2. The van der Waals surface area contributed by atoms with E-state index < -0.39 is 29.9 Å². The molecule has 3 rings (SSSR count). The Kier molecular flexibility index (Phi) is 5.20. The predicted octanol–water partition coefficient (Wildman–Crippen LogP) is 5.38. The molecule has 2 nitrogen and oxygen atoms in total. The molecule has 142 valence electrons. The van der Waals surface area contributed by atoms with Crippen LogP contribution in [0.4, 0.5) is 17.6 Å². The molecule has 1 saturated carbocycles. The van der Waals surface area contributed by atoms with Crippen LogP contribution in [0.2, 0.25) is 5.02 Å². The number of nitriles is 1. The van der Waals surface area contributed by atoms with Crippen LogP contribution in [0.1, 0.15) is 35.4 Å². The molecule has 0 radical (unpaired) electrons. The van der Waals surface area contributed by atoms with Gasteiger partial charge in [0.1, 0.15) is 5.82 Å². The lowest BCUT2D eigenvalue weighted by Crippen LogP contribution is -2.52. The Labute approximate surface area is 159 Å². The predicted molar refractivity (Wildman–Crippen MR) is 92.7 cm³/mol. The Balaban J connectivity index is 2.06. The molecule has 27 heavy (non-hydrogen) atoms. The zero-order chi connectivity index (χ0) is 19.8. The molecule has 0 aliphatic heterocycles. The number of rotatable bonds is 5. The number of alkyl halides is 3. The first kappa shape index (κ1) is 19.7. The molecule has 1 aliphatic carbocycles. The molecule has 2 aromatic carbocycles.